The van der Waals surface area contributed by atoms with Crippen LogP contribution in [0.1, 0.15) is 5.56 Å². The van der Waals surface area contributed by atoms with Gasteiger partial charge in [0.2, 0.25) is 5.88 Å². The second kappa shape index (κ2) is 5.79. The van der Waals surface area contributed by atoms with Crippen LogP contribution in [-0.2, 0) is 0 Å². The Morgan fingerprint density at radius 1 is 1.26 bits per heavy atom. The summed E-state index contributed by atoms with van der Waals surface area (Å²) in [6.45, 7) is 1.94. The van der Waals surface area contributed by atoms with Gasteiger partial charge in [0.05, 0.1) is 12.8 Å². The topological polar surface area (TPSA) is 63.5 Å². The molecule has 100 valence electrons. The highest BCUT2D eigenvalue weighted by Crippen LogP contribution is 2.25. The number of halogens is 1. The second-order valence-corrected chi connectivity index (χ2v) is 4.67. The number of carbonyl (C=O) groups is 1. The zero-order valence-electron chi connectivity index (χ0n) is 10.5. The molecule has 5 nitrogen and oxygen atoms in total. The van der Waals surface area contributed by atoms with E-state index in [-0.39, 0.29) is 0 Å². The van der Waals surface area contributed by atoms with Gasteiger partial charge in [-0.05, 0) is 46.6 Å². The molecule has 0 fully saturated rings. The van der Waals surface area contributed by atoms with E-state index in [2.05, 4.69) is 26.6 Å². The molecule has 2 amide bonds. The van der Waals surface area contributed by atoms with E-state index in [1.807, 2.05) is 19.1 Å². The van der Waals surface area contributed by atoms with Crippen LogP contribution in [0.2, 0.25) is 0 Å². The van der Waals surface area contributed by atoms with Gasteiger partial charge in [0.1, 0.15) is 5.75 Å². The first-order valence-corrected chi connectivity index (χ1v) is 6.36. The van der Waals surface area contributed by atoms with Gasteiger partial charge in [-0.3, -0.25) is 5.32 Å². The maximum absolute atomic E-state index is 11.8. The first-order chi connectivity index (χ1) is 9.08. The highest BCUT2D eigenvalue weighted by molar-refractivity contribution is 9.10. The number of aryl methyl sites for hydroxylation is 1. The predicted molar refractivity (Wildman–Crippen MR) is 76.8 cm³/mol. The number of ether oxygens (including phenoxy) is 1. The van der Waals surface area contributed by atoms with Gasteiger partial charge in [-0.15, -0.1) is 0 Å². The molecule has 0 saturated heterocycles. The fourth-order valence-electron chi connectivity index (χ4n) is 1.57. The molecule has 0 bridgehead atoms. The summed E-state index contributed by atoms with van der Waals surface area (Å²) in [6.07, 6.45) is 0. The van der Waals surface area contributed by atoms with E-state index in [0.717, 1.165) is 5.56 Å². The number of hydrogen-bond acceptors (Lipinski definition) is 3. The second-order valence-electron chi connectivity index (χ2n) is 3.89. The van der Waals surface area contributed by atoms with Crippen molar-refractivity contribution < 1.29 is 13.9 Å². The van der Waals surface area contributed by atoms with Crippen LogP contribution in [0.3, 0.4) is 0 Å². The molecule has 0 unspecified atom stereocenters. The van der Waals surface area contributed by atoms with E-state index >= 15 is 0 Å². The van der Waals surface area contributed by atoms with Crippen molar-refractivity contribution in [1.29, 1.82) is 0 Å². The molecular formula is C13H13BrN2O3. The minimum absolute atomic E-state index is 0.357. The number of urea groups is 1. The minimum Gasteiger partial charge on any atom is -0.495 e. The van der Waals surface area contributed by atoms with Gasteiger partial charge in [-0.2, -0.15) is 0 Å². The summed E-state index contributed by atoms with van der Waals surface area (Å²) in [5, 5.41) is 5.29. The average Bonchev–Trinajstić information content (AvgIpc) is 2.75. The van der Waals surface area contributed by atoms with Crippen LogP contribution >= 0.6 is 15.9 Å². The number of amides is 2. The van der Waals surface area contributed by atoms with Gasteiger partial charge < -0.3 is 14.5 Å². The van der Waals surface area contributed by atoms with E-state index < -0.39 is 6.03 Å². The van der Waals surface area contributed by atoms with E-state index in [1.54, 1.807) is 25.3 Å². The van der Waals surface area contributed by atoms with Gasteiger partial charge in [-0.1, -0.05) is 6.07 Å². The third kappa shape index (κ3) is 3.51. The summed E-state index contributed by atoms with van der Waals surface area (Å²) < 4.78 is 10.9. The number of hydrogen-bond donors (Lipinski definition) is 2. The molecule has 2 aromatic rings. The molecule has 0 spiro atoms. The molecule has 0 aliphatic heterocycles. The molecule has 0 atom stereocenters. The van der Waals surface area contributed by atoms with Crippen molar-refractivity contribution in [3.63, 3.8) is 0 Å². The third-order valence-corrected chi connectivity index (χ3v) is 2.84. The summed E-state index contributed by atoms with van der Waals surface area (Å²) in [4.78, 5) is 11.8. The van der Waals surface area contributed by atoms with E-state index in [0.29, 0.717) is 22.0 Å². The number of carbonyl (C=O) groups excluding carboxylic acids is 1. The molecular weight excluding hydrogens is 312 g/mol. The highest BCUT2D eigenvalue weighted by atomic mass is 79.9. The molecule has 19 heavy (non-hydrogen) atoms. The first kappa shape index (κ1) is 13.5. The smallest absolute Gasteiger partial charge is 0.326 e. The van der Waals surface area contributed by atoms with Crippen molar-refractivity contribution in [3.05, 3.63) is 40.6 Å². The van der Waals surface area contributed by atoms with Crippen molar-refractivity contribution >= 4 is 33.5 Å². The Morgan fingerprint density at radius 2 is 2.05 bits per heavy atom. The summed E-state index contributed by atoms with van der Waals surface area (Å²) in [6, 6.07) is 8.49. The Morgan fingerprint density at radius 3 is 2.68 bits per heavy atom. The van der Waals surface area contributed by atoms with Crippen LogP contribution < -0.4 is 15.4 Å². The summed E-state index contributed by atoms with van der Waals surface area (Å²) in [7, 11) is 1.55. The number of nitrogens with one attached hydrogen (secondary N) is 2. The maximum Gasteiger partial charge on any atom is 0.326 e. The number of anilines is 2. The van der Waals surface area contributed by atoms with Crippen molar-refractivity contribution in [3.8, 4) is 5.75 Å². The maximum atomic E-state index is 11.8. The largest absolute Gasteiger partial charge is 0.495 e. The molecule has 1 heterocycles. The zero-order valence-corrected chi connectivity index (χ0v) is 12.1. The Kier molecular flexibility index (Phi) is 4.11. The van der Waals surface area contributed by atoms with E-state index in [1.165, 1.54) is 0 Å². The number of methoxy groups -OCH3 is 1. The molecule has 0 aliphatic carbocycles. The van der Waals surface area contributed by atoms with Crippen LogP contribution in [0.5, 0.6) is 5.75 Å². The van der Waals surface area contributed by atoms with Crippen molar-refractivity contribution in [1.82, 2.24) is 0 Å². The lowest BCUT2D eigenvalue weighted by Crippen LogP contribution is -2.19. The standard InChI is InChI=1S/C13H13BrN2O3/c1-8-3-4-10(18-2)9(7-8)15-13(17)16-12-6-5-11(14)19-12/h3-7H,1-2H3,(H2,15,16,17). The number of furan rings is 1. The lowest BCUT2D eigenvalue weighted by atomic mass is 10.2. The lowest BCUT2D eigenvalue weighted by Gasteiger charge is -2.10. The van der Waals surface area contributed by atoms with Gasteiger partial charge in [0, 0.05) is 6.07 Å². The molecule has 2 N–H and O–H groups in total. The third-order valence-electron chi connectivity index (χ3n) is 2.41. The summed E-state index contributed by atoms with van der Waals surface area (Å²) >= 11 is 3.16. The quantitative estimate of drug-likeness (QED) is 0.896. The fourth-order valence-corrected chi connectivity index (χ4v) is 1.87. The Hall–Kier alpha value is -1.95. The lowest BCUT2D eigenvalue weighted by molar-refractivity contribution is 0.261. The molecule has 6 heteroatoms. The molecule has 1 aromatic heterocycles. The molecule has 2 rings (SSSR count). The van der Waals surface area contributed by atoms with Crippen LogP contribution in [0.15, 0.2) is 39.4 Å². The molecule has 0 aliphatic rings. The van der Waals surface area contributed by atoms with Crippen molar-refractivity contribution in [2.45, 2.75) is 6.92 Å². The monoisotopic (exact) mass is 324 g/mol. The molecule has 0 radical (unpaired) electrons. The summed E-state index contributed by atoms with van der Waals surface area (Å²) in [5.74, 6) is 0.956. The number of rotatable bonds is 3. The van der Waals surface area contributed by atoms with Crippen LogP contribution in [0, 0.1) is 6.92 Å². The van der Waals surface area contributed by atoms with Crippen LogP contribution in [-0.4, -0.2) is 13.1 Å². The van der Waals surface area contributed by atoms with Crippen LogP contribution in [0.25, 0.3) is 0 Å². The van der Waals surface area contributed by atoms with Crippen LogP contribution in [0.4, 0.5) is 16.4 Å². The Labute approximate surface area is 119 Å². The minimum atomic E-state index is -0.397. The van der Waals surface area contributed by atoms with Crippen molar-refractivity contribution in [2.24, 2.45) is 0 Å². The Bertz CT molecular complexity index is 595. The van der Waals surface area contributed by atoms with Gasteiger partial charge >= 0.3 is 6.03 Å². The van der Waals surface area contributed by atoms with Crippen molar-refractivity contribution in [2.75, 3.05) is 17.7 Å². The average molecular weight is 325 g/mol. The fraction of sp³-hybridized carbons (Fsp3) is 0.154. The zero-order chi connectivity index (χ0) is 13.8. The predicted octanol–water partition coefficient (Wildman–Crippen LogP) is 4.00. The Balaban J connectivity index is 2.08. The molecule has 1 aromatic carbocycles. The highest BCUT2D eigenvalue weighted by Gasteiger charge is 2.09. The summed E-state index contributed by atoms with van der Waals surface area (Å²) in [5.41, 5.74) is 1.63. The normalized spacial score (nSPS) is 10.1. The van der Waals surface area contributed by atoms with E-state index in [9.17, 15) is 4.79 Å². The van der Waals surface area contributed by atoms with E-state index in [4.69, 9.17) is 9.15 Å². The molecule has 0 saturated carbocycles. The number of benzene rings is 1. The van der Waals surface area contributed by atoms with Gasteiger partial charge in [0.25, 0.3) is 0 Å². The first-order valence-electron chi connectivity index (χ1n) is 5.56. The van der Waals surface area contributed by atoms with Gasteiger partial charge in [-0.25, -0.2) is 4.79 Å². The van der Waals surface area contributed by atoms with Gasteiger partial charge in [0.15, 0.2) is 4.67 Å². The SMILES string of the molecule is COc1ccc(C)cc1NC(=O)Nc1ccc(Br)o1.